The molecule has 0 amide bonds. The molecule has 0 saturated carbocycles. The highest BCUT2D eigenvalue weighted by Gasteiger charge is 2.09. The van der Waals surface area contributed by atoms with E-state index in [2.05, 4.69) is 28.5 Å². The number of pyridine rings is 1. The average molecular weight is 530 g/mol. The minimum atomic E-state index is -2.91. The number of para-hydroxylation sites is 1. The third-order valence-corrected chi connectivity index (χ3v) is 7.80. The molecule has 0 bridgehead atoms. The van der Waals surface area contributed by atoms with Gasteiger partial charge in [-0.3, -0.25) is 4.98 Å². The van der Waals surface area contributed by atoms with E-state index in [9.17, 15) is 8.42 Å². The van der Waals surface area contributed by atoms with Gasteiger partial charge in [-0.2, -0.15) is 0 Å². The van der Waals surface area contributed by atoms with E-state index in [0.29, 0.717) is 6.42 Å². The molecule has 0 fully saturated rings. The predicted molar refractivity (Wildman–Crippen MR) is 152 cm³/mol. The van der Waals surface area contributed by atoms with Gasteiger partial charge in [-0.05, 0) is 67.8 Å². The van der Waals surface area contributed by atoms with Crippen molar-refractivity contribution in [1.82, 2.24) is 9.97 Å². The average Bonchev–Trinajstić information content (AvgIpc) is 3.37. The molecule has 5 rings (SSSR count). The van der Waals surface area contributed by atoms with Gasteiger partial charge in [0.15, 0.2) is 0 Å². The molecule has 0 aliphatic heterocycles. The van der Waals surface area contributed by atoms with E-state index in [4.69, 9.17) is 9.72 Å². The van der Waals surface area contributed by atoms with E-state index < -0.39 is 9.84 Å². The number of rotatable bonds is 10. The molecule has 0 aliphatic carbocycles. The Balaban J connectivity index is 1.26. The van der Waals surface area contributed by atoms with Crippen LogP contribution < -0.4 is 10.1 Å². The molecule has 0 unspecified atom stereocenters. The number of aryl methyl sites for hydroxylation is 1. The summed E-state index contributed by atoms with van der Waals surface area (Å²) in [6.07, 6.45) is 5.34. The minimum absolute atomic E-state index is 0.226. The van der Waals surface area contributed by atoms with Crippen LogP contribution in [-0.4, -0.2) is 30.4 Å². The van der Waals surface area contributed by atoms with Gasteiger partial charge in [-0.1, -0.05) is 30.3 Å². The Morgan fingerprint density at radius 1 is 0.919 bits per heavy atom. The number of hydrogen-bond donors (Lipinski definition) is 1. The fourth-order valence-corrected chi connectivity index (χ4v) is 5.58. The second-order valence-electron chi connectivity index (χ2n) is 8.87. The topological polar surface area (TPSA) is 81.2 Å². The van der Waals surface area contributed by atoms with Crippen LogP contribution in [0, 0.1) is 0 Å². The van der Waals surface area contributed by atoms with Gasteiger partial charge in [0, 0.05) is 45.9 Å². The van der Waals surface area contributed by atoms with Crippen LogP contribution in [0.1, 0.15) is 17.8 Å². The van der Waals surface area contributed by atoms with Crippen LogP contribution in [-0.2, 0) is 16.3 Å². The fraction of sp³-hybridized carbons (Fsp3) is 0.172. The molecule has 0 spiro atoms. The van der Waals surface area contributed by atoms with Crippen molar-refractivity contribution in [2.45, 2.75) is 19.3 Å². The van der Waals surface area contributed by atoms with Crippen molar-refractivity contribution in [3.05, 3.63) is 95.4 Å². The zero-order valence-corrected chi connectivity index (χ0v) is 22.1. The second-order valence-corrected chi connectivity index (χ2v) is 12.1. The lowest BCUT2D eigenvalue weighted by atomic mass is 10.1. The summed E-state index contributed by atoms with van der Waals surface area (Å²) in [4.78, 5) is 9.34. The van der Waals surface area contributed by atoms with E-state index in [0.717, 1.165) is 62.9 Å². The number of nitrogens with one attached hydrogen (secondary N) is 1. The number of hydrogen-bond acceptors (Lipinski definition) is 7. The van der Waals surface area contributed by atoms with Crippen molar-refractivity contribution in [3.63, 3.8) is 0 Å². The van der Waals surface area contributed by atoms with Gasteiger partial charge in [0.1, 0.15) is 21.3 Å². The number of aromatic nitrogens is 2. The Kier molecular flexibility index (Phi) is 7.48. The quantitative estimate of drug-likeness (QED) is 0.192. The molecule has 0 aliphatic rings. The number of ether oxygens (including phenoxy) is 1. The van der Waals surface area contributed by atoms with Gasteiger partial charge < -0.3 is 10.1 Å². The van der Waals surface area contributed by atoms with Crippen molar-refractivity contribution >= 4 is 43.5 Å². The lowest BCUT2D eigenvalue weighted by molar-refractivity contribution is 0.483. The standard InChI is InChI=1S/C29H27N3O3S2/c1-37(33,34)18-6-5-9-29-32-28(20-36-29)21-10-15-25-26(16-17-30-27(25)19-21)31-22-11-13-24(14-12-22)35-23-7-3-2-4-8-23/h2-4,7-8,10-17,19-20H,5-6,9,18H2,1H3,(H,30,31). The maximum Gasteiger partial charge on any atom is 0.147 e. The molecule has 6 nitrogen and oxygen atoms in total. The lowest BCUT2D eigenvalue weighted by Gasteiger charge is -2.11. The molecule has 188 valence electrons. The number of sulfone groups is 1. The van der Waals surface area contributed by atoms with Gasteiger partial charge in [0.2, 0.25) is 0 Å². The zero-order valence-electron chi connectivity index (χ0n) is 20.4. The molecule has 3 aromatic carbocycles. The highest BCUT2D eigenvalue weighted by Crippen LogP contribution is 2.31. The molecule has 0 radical (unpaired) electrons. The van der Waals surface area contributed by atoms with Gasteiger partial charge in [0.25, 0.3) is 0 Å². The van der Waals surface area contributed by atoms with Crippen LogP contribution in [0.2, 0.25) is 0 Å². The molecular weight excluding hydrogens is 502 g/mol. The van der Waals surface area contributed by atoms with Crippen LogP contribution in [0.4, 0.5) is 11.4 Å². The van der Waals surface area contributed by atoms with Crippen LogP contribution in [0.25, 0.3) is 22.2 Å². The smallest absolute Gasteiger partial charge is 0.147 e. The summed E-state index contributed by atoms with van der Waals surface area (Å²) in [6.45, 7) is 0. The minimum Gasteiger partial charge on any atom is -0.457 e. The van der Waals surface area contributed by atoms with E-state index in [1.54, 1.807) is 17.5 Å². The predicted octanol–water partition coefficient (Wildman–Crippen LogP) is 7.26. The first-order valence-corrected chi connectivity index (χ1v) is 15.0. The monoisotopic (exact) mass is 529 g/mol. The highest BCUT2D eigenvalue weighted by molar-refractivity contribution is 7.90. The van der Waals surface area contributed by atoms with Crippen molar-refractivity contribution in [2.75, 3.05) is 17.3 Å². The molecule has 2 heterocycles. The summed E-state index contributed by atoms with van der Waals surface area (Å²) < 4.78 is 28.5. The first-order valence-electron chi connectivity index (χ1n) is 12.0. The summed E-state index contributed by atoms with van der Waals surface area (Å²) in [5.41, 5.74) is 4.74. The Morgan fingerprint density at radius 3 is 2.49 bits per heavy atom. The normalized spacial score (nSPS) is 11.5. The van der Waals surface area contributed by atoms with Gasteiger partial charge in [-0.15, -0.1) is 11.3 Å². The van der Waals surface area contributed by atoms with E-state index >= 15 is 0 Å². The van der Waals surface area contributed by atoms with Crippen LogP contribution in [0.15, 0.2) is 90.4 Å². The maximum absolute atomic E-state index is 11.3. The van der Waals surface area contributed by atoms with Crippen molar-refractivity contribution in [2.24, 2.45) is 0 Å². The van der Waals surface area contributed by atoms with Gasteiger partial charge in [-0.25, -0.2) is 13.4 Å². The highest BCUT2D eigenvalue weighted by atomic mass is 32.2. The van der Waals surface area contributed by atoms with Gasteiger partial charge >= 0.3 is 0 Å². The van der Waals surface area contributed by atoms with Crippen LogP contribution in [0.5, 0.6) is 11.5 Å². The zero-order chi connectivity index (χ0) is 25.7. The Labute approximate surface area is 220 Å². The maximum atomic E-state index is 11.3. The van der Waals surface area contributed by atoms with E-state index in [1.807, 2.05) is 66.0 Å². The van der Waals surface area contributed by atoms with Gasteiger partial charge in [0.05, 0.1) is 16.2 Å². The van der Waals surface area contributed by atoms with Crippen LogP contribution in [0.3, 0.4) is 0 Å². The molecule has 2 aromatic heterocycles. The number of benzene rings is 3. The number of fused-ring (bicyclic) bond motifs is 1. The lowest BCUT2D eigenvalue weighted by Crippen LogP contribution is -2.03. The first kappa shape index (κ1) is 24.9. The molecular formula is C29H27N3O3S2. The summed E-state index contributed by atoms with van der Waals surface area (Å²) in [5.74, 6) is 1.81. The molecule has 8 heteroatoms. The number of unbranched alkanes of at least 4 members (excludes halogenated alkanes) is 1. The van der Waals surface area contributed by atoms with Crippen molar-refractivity contribution in [3.8, 4) is 22.8 Å². The molecule has 1 N–H and O–H groups in total. The van der Waals surface area contributed by atoms with Crippen LogP contribution >= 0.6 is 11.3 Å². The number of anilines is 2. The van der Waals surface area contributed by atoms with E-state index in [-0.39, 0.29) is 5.75 Å². The van der Waals surface area contributed by atoms with Crippen molar-refractivity contribution < 1.29 is 13.2 Å². The molecule has 37 heavy (non-hydrogen) atoms. The summed E-state index contributed by atoms with van der Waals surface area (Å²) in [5, 5.41) is 7.58. The summed E-state index contributed by atoms with van der Waals surface area (Å²) in [7, 11) is -2.91. The Morgan fingerprint density at radius 2 is 1.70 bits per heavy atom. The third-order valence-electron chi connectivity index (χ3n) is 5.86. The Hall–Kier alpha value is -3.75. The summed E-state index contributed by atoms with van der Waals surface area (Å²) in [6, 6.07) is 25.7. The Bertz CT molecular complexity index is 1600. The first-order chi connectivity index (χ1) is 17.9. The molecule has 0 atom stereocenters. The second kappa shape index (κ2) is 11.1. The summed E-state index contributed by atoms with van der Waals surface area (Å²) >= 11 is 1.61. The van der Waals surface area contributed by atoms with Crippen molar-refractivity contribution in [1.29, 1.82) is 0 Å². The number of nitrogens with zero attached hydrogens (tertiary/aromatic N) is 2. The van der Waals surface area contributed by atoms with E-state index in [1.165, 1.54) is 6.26 Å². The molecule has 5 aromatic rings. The third kappa shape index (κ3) is 6.72. The molecule has 0 saturated heterocycles. The SMILES string of the molecule is CS(=O)(=O)CCCCc1nc(-c2ccc3c(Nc4ccc(Oc5ccccc5)cc4)ccnc3c2)cs1. The largest absolute Gasteiger partial charge is 0.457 e. The fourth-order valence-electron chi connectivity index (χ4n) is 4.00. The number of thiazole rings is 1.